The number of carbonyl (C=O) groups excluding carboxylic acids is 2. The first kappa shape index (κ1) is 11.0. The second kappa shape index (κ2) is 3.51. The van der Waals surface area contributed by atoms with Crippen molar-refractivity contribution in [1.29, 1.82) is 0 Å². The molecule has 2 heteroatoms. The highest BCUT2D eigenvalue weighted by Crippen LogP contribution is 2.62. The maximum atomic E-state index is 13.0. The molecule has 0 amide bonds. The van der Waals surface area contributed by atoms with Gasteiger partial charge in [-0.2, -0.15) is 0 Å². The number of hydrogen-bond acceptors (Lipinski definition) is 2. The van der Waals surface area contributed by atoms with Crippen molar-refractivity contribution >= 4 is 11.6 Å². The van der Waals surface area contributed by atoms with Gasteiger partial charge >= 0.3 is 0 Å². The van der Waals surface area contributed by atoms with Crippen molar-refractivity contribution in [1.82, 2.24) is 0 Å². The van der Waals surface area contributed by atoms with Gasteiger partial charge in [0.05, 0.1) is 0 Å². The normalized spacial score (nSPS) is 58.3. The molecule has 0 radical (unpaired) electrons. The van der Waals surface area contributed by atoms with E-state index in [-0.39, 0.29) is 23.7 Å². The van der Waals surface area contributed by atoms with Gasteiger partial charge in [0.15, 0.2) is 0 Å². The molecule has 0 aromatic heterocycles. The Labute approximate surface area is 114 Å². The van der Waals surface area contributed by atoms with Crippen LogP contribution in [-0.2, 0) is 9.59 Å². The standard InChI is InChI=1S/C17H22O2/c18-16-12-8-1-2-9(4-3-8)13(12)17(19)15-11-6-5-10(7-11)14(15)16/h8-15H,1-7H2. The summed E-state index contributed by atoms with van der Waals surface area (Å²) in [5.74, 6) is 3.98. The van der Waals surface area contributed by atoms with E-state index in [1.807, 2.05) is 0 Å². The van der Waals surface area contributed by atoms with Crippen molar-refractivity contribution < 1.29 is 9.59 Å². The fourth-order valence-electron chi connectivity index (χ4n) is 6.82. The summed E-state index contributed by atoms with van der Waals surface area (Å²) in [5, 5.41) is 0. The third-order valence-electron chi connectivity index (χ3n) is 7.45. The number of ketones is 2. The highest BCUT2D eigenvalue weighted by atomic mass is 16.1. The minimum atomic E-state index is 0.153. The minimum Gasteiger partial charge on any atom is -0.299 e. The summed E-state index contributed by atoms with van der Waals surface area (Å²) in [6, 6.07) is 0. The predicted octanol–water partition coefficient (Wildman–Crippen LogP) is 2.85. The van der Waals surface area contributed by atoms with Crippen LogP contribution in [0.1, 0.15) is 44.9 Å². The van der Waals surface area contributed by atoms with Crippen LogP contribution in [0.5, 0.6) is 0 Å². The molecule has 102 valence electrons. The molecule has 4 bridgehead atoms. The fourth-order valence-corrected chi connectivity index (χ4v) is 6.82. The second-order valence-corrected chi connectivity index (χ2v) is 7.92. The summed E-state index contributed by atoms with van der Waals surface area (Å²) >= 11 is 0. The molecule has 0 N–H and O–H groups in total. The average Bonchev–Trinajstić information content (AvgIpc) is 3.06. The molecule has 6 saturated carbocycles. The summed E-state index contributed by atoms with van der Waals surface area (Å²) in [4.78, 5) is 26.0. The molecule has 6 rings (SSSR count). The fraction of sp³-hybridized carbons (Fsp3) is 0.882. The van der Waals surface area contributed by atoms with Gasteiger partial charge in [-0.3, -0.25) is 9.59 Å². The molecule has 0 aromatic carbocycles. The highest BCUT2D eigenvalue weighted by molar-refractivity contribution is 6.01. The van der Waals surface area contributed by atoms with Crippen LogP contribution in [0.4, 0.5) is 0 Å². The summed E-state index contributed by atoms with van der Waals surface area (Å²) in [6.45, 7) is 0. The summed E-state index contributed by atoms with van der Waals surface area (Å²) < 4.78 is 0. The van der Waals surface area contributed by atoms with Crippen LogP contribution in [0.2, 0.25) is 0 Å². The van der Waals surface area contributed by atoms with Crippen molar-refractivity contribution in [2.75, 3.05) is 0 Å². The number of hydrogen-bond donors (Lipinski definition) is 0. The van der Waals surface area contributed by atoms with E-state index in [9.17, 15) is 9.59 Å². The third-order valence-corrected chi connectivity index (χ3v) is 7.45. The number of rotatable bonds is 0. The minimum absolute atomic E-state index is 0.153. The Balaban J connectivity index is 1.60. The molecular formula is C17H22O2. The Morgan fingerprint density at radius 1 is 0.526 bits per heavy atom. The van der Waals surface area contributed by atoms with Crippen LogP contribution in [0, 0.1) is 47.3 Å². The lowest BCUT2D eigenvalue weighted by Gasteiger charge is -2.53. The van der Waals surface area contributed by atoms with E-state index in [1.165, 1.54) is 44.9 Å². The first-order valence-corrected chi connectivity index (χ1v) is 8.33. The van der Waals surface area contributed by atoms with Gasteiger partial charge in [0.1, 0.15) is 11.6 Å². The first-order chi connectivity index (χ1) is 9.25. The van der Waals surface area contributed by atoms with E-state index in [0.717, 1.165) is 0 Å². The first-order valence-electron chi connectivity index (χ1n) is 8.33. The SMILES string of the molecule is O=C1C2C3CCC(CC3)C2C(=O)C2C3CCC(C3)C12. The van der Waals surface area contributed by atoms with Crippen LogP contribution >= 0.6 is 0 Å². The van der Waals surface area contributed by atoms with Crippen LogP contribution in [-0.4, -0.2) is 11.6 Å². The van der Waals surface area contributed by atoms with Gasteiger partial charge in [-0.25, -0.2) is 0 Å². The van der Waals surface area contributed by atoms with Gasteiger partial charge in [0.2, 0.25) is 0 Å². The van der Waals surface area contributed by atoms with Gasteiger partial charge in [-0.15, -0.1) is 0 Å². The maximum Gasteiger partial charge on any atom is 0.141 e. The zero-order valence-electron chi connectivity index (χ0n) is 11.4. The number of carbonyl (C=O) groups is 2. The summed E-state index contributed by atoms with van der Waals surface area (Å²) in [5.41, 5.74) is 0. The molecule has 6 atom stereocenters. The predicted molar refractivity (Wildman–Crippen MR) is 70.3 cm³/mol. The largest absolute Gasteiger partial charge is 0.299 e. The Morgan fingerprint density at radius 3 is 1.26 bits per heavy atom. The highest BCUT2D eigenvalue weighted by Gasteiger charge is 2.64. The van der Waals surface area contributed by atoms with Crippen LogP contribution in [0.3, 0.4) is 0 Å². The van der Waals surface area contributed by atoms with Crippen molar-refractivity contribution in [2.45, 2.75) is 44.9 Å². The molecular weight excluding hydrogens is 236 g/mol. The van der Waals surface area contributed by atoms with E-state index < -0.39 is 0 Å². The van der Waals surface area contributed by atoms with E-state index >= 15 is 0 Å². The maximum absolute atomic E-state index is 13.0. The third kappa shape index (κ3) is 1.20. The lowest BCUT2D eigenvalue weighted by atomic mass is 9.49. The monoisotopic (exact) mass is 258 g/mol. The number of fused-ring (bicyclic) bond motifs is 7. The molecule has 2 nitrogen and oxygen atoms in total. The molecule has 0 aliphatic heterocycles. The van der Waals surface area contributed by atoms with Crippen molar-refractivity contribution in [3.05, 3.63) is 0 Å². The summed E-state index contributed by atoms with van der Waals surface area (Å²) in [7, 11) is 0. The van der Waals surface area contributed by atoms with Crippen molar-refractivity contribution in [2.24, 2.45) is 47.3 Å². The zero-order chi connectivity index (χ0) is 12.7. The van der Waals surface area contributed by atoms with Crippen LogP contribution < -0.4 is 0 Å². The van der Waals surface area contributed by atoms with Gasteiger partial charge in [-0.1, -0.05) is 0 Å². The molecule has 0 heterocycles. The van der Waals surface area contributed by atoms with E-state index in [4.69, 9.17) is 0 Å². The van der Waals surface area contributed by atoms with E-state index in [2.05, 4.69) is 0 Å². The molecule has 19 heavy (non-hydrogen) atoms. The Morgan fingerprint density at radius 2 is 0.842 bits per heavy atom. The smallest absolute Gasteiger partial charge is 0.141 e. The van der Waals surface area contributed by atoms with Gasteiger partial charge in [-0.05, 0) is 68.6 Å². The molecule has 0 spiro atoms. The van der Waals surface area contributed by atoms with Gasteiger partial charge in [0, 0.05) is 23.7 Å². The Hall–Kier alpha value is -0.660. The topological polar surface area (TPSA) is 34.1 Å². The van der Waals surface area contributed by atoms with Gasteiger partial charge < -0.3 is 0 Å². The van der Waals surface area contributed by atoms with E-state index in [1.54, 1.807) is 0 Å². The molecule has 6 unspecified atom stereocenters. The zero-order valence-corrected chi connectivity index (χ0v) is 11.4. The Bertz CT molecular complexity index is 418. The second-order valence-electron chi connectivity index (χ2n) is 7.92. The lowest BCUT2D eigenvalue weighted by Crippen LogP contribution is -2.57. The Kier molecular flexibility index (Phi) is 2.04. The average molecular weight is 258 g/mol. The number of Topliss-reactive ketones (excluding diaryl/α,β-unsaturated/α-hetero) is 2. The molecule has 0 aromatic rings. The van der Waals surface area contributed by atoms with Crippen molar-refractivity contribution in [3.8, 4) is 0 Å². The molecule has 6 fully saturated rings. The molecule has 0 saturated heterocycles. The molecule has 6 aliphatic carbocycles. The van der Waals surface area contributed by atoms with Crippen molar-refractivity contribution in [3.63, 3.8) is 0 Å². The quantitative estimate of drug-likeness (QED) is 0.669. The van der Waals surface area contributed by atoms with Crippen LogP contribution in [0.15, 0.2) is 0 Å². The molecule has 6 aliphatic rings. The van der Waals surface area contributed by atoms with Crippen LogP contribution in [0.25, 0.3) is 0 Å². The van der Waals surface area contributed by atoms with Gasteiger partial charge in [0.25, 0.3) is 0 Å². The lowest BCUT2D eigenvalue weighted by molar-refractivity contribution is -0.161. The summed E-state index contributed by atoms with van der Waals surface area (Å²) in [6.07, 6.45) is 8.49. The van der Waals surface area contributed by atoms with E-state index in [0.29, 0.717) is 35.2 Å².